The molecule has 1 aliphatic heterocycles. The molecule has 0 spiro atoms. The number of hydrogen-bond acceptors (Lipinski definition) is 5. The second-order valence-electron chi connectivity index (χ2n) is 9.93. The Morgan fingerprint density at radius 2 is 1.63 bits per heavy atom. The van der Waals surface area contributed by atoms with Gasteiger partial charge < -0.3 is 13.9 Å². The number of nitrogens with zero attached hydrogens (tertiary/aromatic N) is 1. The first kappa shape index (κ1) is 24.1. The normalized spacial score (nSPS) is 18.5. The third-order valence-electron chi connectivity index (χ3n) is 4.66. The molecule has 1 aromatic rings. The molecule has 0 fully saturated rings. The summed E-state index contributed by atoms with van der Waals surface area (Å²) in [4.78, 5) is 27.7. The number of imide groups is 1. The molecule has 0 radical (unpaired) electrons. The predicted octanol–water partition coefficient (Wildman–Crippen LogP) is 4.64. The quantitative estimate of drug-likeness (QED) is 0.633. The molecule has 1 aliphatic rings. The van der Waals surface area contributed by atoms with Crippen LogP contribution in [0.4, 0.5) is 4.79 Å². The van der Waals surface area contributed by atoms with E-state index in [0.29, 0.717) is 11.3 Å². The Hall–Kier alpha value is -2.12. The fourth-order valence-corrected chi connectivity index (χ4v) is 4.56. The zero-order valence-corrected chi connectivity index (χ0v) is 20.8. The molecular formula is C23H35NO5Si. The highest BCUT2D eigenvalue weighted by Gasteiger charge is 2.47. The molecule has 0 aromatic heterocycles. The first-order chi connectivity index (χ1) is 13.7. The van der Waals surface area contributed by atoms with E-state index in [0.717, 1.165) is 5.56 Å². The molecule has 7 heteroatoms. The third-order valence-corrected chi connectivity index (χ3v) is 5.50. The summed E-state index contributed by atoms with van der Waals surface area (Å²) in [6.07, 6.45) is 0.859. The lowest BCUT2D eigenvalue weighted by atomic mass is 9.84. The van der Waals surface area contributed by atoms with Crippen LogP contribution < -0.4 is 4.74 Å². The first-order valence-corrected chi connectivity index (χ1v) is 13.1. The van der Waals surface area contributed by atoms with Gasteiger partial charge in [0, 0.05) is 5.57 Å². The molecule has 0 aliphatic carbocycles. The molecule has 166 valence electrons. The van der Waals surface area contributed by atoms with E-state index in [4.69, 9.17) is 13.9 Å². The van der Waals surface area contributed by atoms with Crippen molar-refractivity contribution in [1.82, 2.24) is 4.90 Å². The number of benzene rings is 1. The van der Waals surface area contributed by atoms with E-state index in [1.54, 1.807) is 40.0 Å². The summed E-state index contributed by atoms with van der Waals surface area (Å²) in [6, 6.07) is 6.70. The maximum atomic E-state index is 13.4. The lowest BCUT2D eigenvalue weighted by molar-refractivity contribution is -0.126. The third kappa shape index (κ3) is 5.73. The van der Waals surface area contributed by atoms with E-state index in [1.807, 2.05) is 18.2 Å². The number of amides is 2. The number of carbonyl (C=O) groups is 2. The Balaban J connectivity index is 2.53. The van der Waals surface area contributed by atoms with Crippen LogP contribution in [0.2, 0.25) is 13.1 Å². The van der Waals surface area contributed by atoms with Gasteiger partial charge in [-0.05, 0) is 63.1 Å². The van der Waals surface area contributed by atoms with Crippen molar-refractivity contribution in [3.8, 4) is 5.75 Å². The minimum Gasteiger partial charge on any atom is -0.497 e. The second-order valence-corrected chi connectivity index (χ2v) is 12.3. The highest BCUT2D eigenvalue weighted by molar-refractivity contribution is 6.48. The van der Waals surface area contributed by atoms with Gasteiger partial charge in [-0.15, -0.1) is 0 Å². The number of rotatable bonds is 5. The number of carbonyl (C=O) groups excluding carboxylic acids is 2. The maximum absolute atomic E-state index is 13.4. The first-order valence-electron chi connectivity index (χ1n) is 10.3. The van der Waals surface area contributed by atoms with E-state index < -0.39 is 26.8 Å². The highest BCUT2D eigenvalue weighted by atomic mass is 28.3. The molecule has 0 saturated heterocycles. The minimum atomic E-state index is -1.45. The SMILES string of the molecule is COc1ccc(C2=CC(C(O[SiH](C)C)C(C)(C)C)N(C(=O)OC(C)(C)C)C2=O)cc1. The number of ether oxygens (including phenoxy) is 2. The number of hydrogen-bond donors (Lipinski definition) is 0. The Bertz CT molecular complexity index is 802. The zero-order valence-electron chi connectivity index (χ0n) is 19.6. The minimum absolute atomic E-state index is 0.283. The van der Waals surface area contributed by atoms with Gasteiger partial charge in [0.25, 0.3) is 5.91 Å². The molecule has 6 nitrogen and oxygen atoms in total. The second kappa shape index (κ2) is 8.94. The summed E-state index contributed by atoms with van der Waals surface area (Å²) < 4.78 is 17.1. The lowest BCUT2D eigenvalue weighted by Crippen LogP contribution is -2.53. The van der Waals surface area contributed by atoms with E-state index in [9.17, 15) is 9.59 Å². The van der Waals surface area contributed by atoms with Gasteiger partial charge in [0.1, 0.15) is 11.4 Å². The van der Waals surface area contributed by atoms with E-state index in [2.05, 4.69) is 33.9 Å². The van der Waals surface area contributed by atoms with Crippen LogP contribution in [0.5, 0.6) is 5.75 Å². The van der Waals surface area contributed by atoms with Gasteiger partial charge in [-0.2, -0.15) is 0 Å². The van der Waals surface area contributed by atoms with Crippen LogP contribution in [0.15, 0.2) is 30.3 Å². The zero-order chi connectivity index (χ0) is 22.9. The van der Waals surface area contributed by atoms with E-state index in [-0.39, 0.29) is 17.4 Å². The standard InChI is InChI=1S/C23H35NO5Si/c1-22(2,3)19(29-30(8)9)18-14-17(15-10-12-16(27-7)13-11-15)20(25)24(18)21(26)28-23(4,5)6/h10-14,18-19,30H,1-9H3. The Labute approximate surface area is 181 Å². The largest absolute Gasteiger partial charge is 0.497 e. The van der Waals surface area contributed by atoms with E-state index >= 15 is 0 Å². The molecule has 2 amide bonds. The lowest BCUT2D eigenvalue weighted by Gasteiger charge is -2.39. The van der Waals surface area contributed by atoms with Crippen LogP contribution in [-0.4, -0.2) is 50.8 Å². The van der Waals surface area contributed by atoms with Crippen molar-refractivity contribution in [2.45, 2.75) is 72.4 Å². The number of methoxy groups -OCH3 is 1. The molecule has 2 unspecified atom stereocenters. The molecule has 2 atom stereocenters. The summed E-state index contributed by atoms with van der Waals surface area (Å²) in [5, 5.41) is 0. The van der Waals surface area contributed by atoms with Crippen molar-refractivity contribution >= 4 is 26.6 Å². The van der Waals surface area contributed by atoms with Crippen LogP contribution in [0.25, 0.3) is 5.57 Å². The predicted molar refractivity (Wildman–Crippen MR) is 121 cm³/mol. The topological polar surface area (TPSA) is 65.1 Å². The van der Waals surface area contributed by atoms with Crippen molar-refractivity contribution in [3.05, 3.63) is 35.9 Å². The van der Waals surface area contributed by atoms with Crippen LogP contribution in [0.3, 0.4) is 0 Å². The van der Waals surface area contributed by atoms with Gasteiger partial charge in [0.2, 0.25) is 0 Å². The summed E-state index contributed by atoms with van der Waals surface area (Å²) in [5.74, 6) is 0.328. The van der Waals surface area contributed by atoms with Gasteiger partial charge in [-0.25, -0.2) is 9.69 Å². The Morgan fingerprint density at radius 3 is 2.07 bits per heavy atom. The summed E-state index contributed by atoms with van der Waals surface area (Å²) >= 11 is 0. The van der Waals surface area contributed by atoms with Gasteiger partial charge >= 0.3 is 6.09 Å². The van der Waals surface area contributed by atoms with Crippen LogP contribution in [0.1, 0.15) is 47.1 Å². The molecular weight excluding hydrogens is 398 g/mol. The van der Waals surface area contributed by atoms with Crippen molar-refractivity contribution in [2.24, 2.45) is 5.41 Å². The van der Waals surface area contributed by atoms with Crippen LogP contribution in [0, 0.1) is 5.41 Å². The Kier molecular flexibility index (Phi) is 7.19. The fourth-order valence-electron chi connectivity index (χ4n) is 3.40. The van der Waals surface area contributed by atoms with Crippen LogP contribution in [-0.2, 0) is 14.0 Å². The average Bonchev–Trinajstić information content (AvgIpc) is 2.94. The summed E-state index contributed by atoms with van der Waals surface area (Å²) in [5.41, 5.74) is 0.201. The van der Waals surface area contributed by atoms with Crippen molar-refractivity contribution in [2.75, 3.05) is 7.11 Å². The highest BCUT2D eigenvalue weighted by Crippen LogP contribution is 2.37. The molecule has 0 bridgehead atoms. The Morgan fingerprint density at radius 1 is 1.07 bits per heavy atom. The van der Waals surface area contributed by atoms with Crippen molar-refractivity contribution in [3.63, 3.8) is 0 Å². The van der Waals surface area contributed by atoms with Gasteiger partial charge in [-0.1, -0.05) is 32.9 Å². The molecule has 2 rings (SSSR count). The molecule has 0 N–H and O–H groups in total. The van der Waals surface area contributed by atoms with Crippen LogP contribution >= 0.6 is 0 Å². The molecule has 1 aromatic carbocycles. The van der Waals surface area contributed by atoms with Crippen molar-refractivity contribution < 1.29 is 23.5 Å². The smallest absolute Gasteiger partial charge is 0.417 e. The fraction of sp³-hybridized carbons (Fsp3) is 0.565. The van der Waals surface area contributed by atoms with Gasteiger partial charge in [-0.3, -0.25) is 4.79 Å². The van der Waals surface area contributed by atoms with Crippen molar-refractivity contribution in [1.29, 1.82) is 0 Å². The van der Waals surface area contributed by atoms with Gasteiger partial charge in [0.15, 0.2) is 9.04 Å². The average molecular weight is 434 g/mol. The maximum Gasteiger partial charge on any atom is 0.417 e. The van der Waals surface area contributed by atoms with Gasteiger partial charge in [0.05, 0.1) is 19.3 Å². The summed E-state index contributed by atoms with van der Waals surface area (Å²) in [6.45, 7) is 15.7. The molecule has 1 heterocycles. The molecule has 0 saturated carbocycles. The molecule has 30 heavy (non-hydrogen) atoms. The van der Waals surface area contributed by atoms with E-state index in [1.165, 1.54) is 4.90 Å². The summed E-state index contributed by atoms with van der Waals surface area (Å²) in [7, 11) is 0.147. The monoisotopic (exact) mass is 433 g/mol.